The molecule has 4 aromatic rings. The fourth-order valence-corrected chi connectivity index (χ4v) is 13.7. The SMILES string of the molecule is CO[C@@H](C)c1ncc(N2CCN(C3CC3)CC2)cc1-c1c2c3cc(ccc3n1CC(F)(F)F)-c1cccc(c1)C[C@H](NC(=O)C(C(C)C)N1CCOC3(CN(C(=O)[C@@H]4NC4C4CC4)C3)C1)C(=O)N1CCC[C@H](N1)C(=O)OCC(C)(C)C2. The Morgan fingerprint density at radius 2 is 1.69 bits per heavy atom. The van der Waals surface area contributed by atoms with E-state index in [2.05, 4.69) is 30.8 Å². The monoisotopic (exact) mass is 1120 g/mol. The van der Waals surface area contributed by atoms with Crippen LogP contribution in [0.15, 0.2) is 54.7 Å². The molecule has 436 valence electrons. The van der Waals surface area contributed by atoms with Crippen LogP contribution in [0.2, 0.25) is 0 Å². The lowest BCUT2D eigenvalue weighted by Crippen LogP contribution is -2.73. The van der Waals surface area contributed by atoms with Crippen LogP contribution in [0.25, 0.3) is 33.3 Å². The molecule has 6 aliphatic heterocycles. The van der Waals surface area contributed by atoms with Crippen molar-refractivity contribution < 1.29 is 46.6 Å². The third-order valence-electron chi connectivity index (χ3n) is 18.3. The topological polar surface area (TPSA) is 176 Å². The summed E-state index contributed by atoms with van der Waals surface area (Å²) in [4.78, 5) is 71.3. The number of benzene rings is 2. The van der Waals surface area contributed by atoms with E-state index >= 15 is 13.2 Å². The van der Waals surface area contributed by atoms with Crippen LogP contribution in [0.1, 0.15) is 96.1 Å². The summed E-state index contributed by atoms with van der Waals surface area (Å²) in [7, 11) is 1.57. The number of amides is 3. The molecule has 2 aromatic carbocycles. The number of ether oxygens (including phenoxy) is 3. The van der Waals surface area contributed by atoms with Gasteiger partial charge >= 0.3 is 12.1 Å². The number of carbonyl (C=O) groups is 4. The van der Waals surface area contributed by atoms with Crippen molar-refractivity contribution >= 4 is 40.3 Å². The maximum atomic E-state index is 15.2. The first-order valence-electron chi connectivity index (χ1n) is 29.5. The molecule has 17 nitrogen and oxygen atoms in total. The summed E-state index contributed by atoms with van der Waals surface area (Å²) in [6, 6.07) is 13.5. The Labute approximate surface area is 472 Å². The first-order chi connectivity index (χ1) is 38.7. The second-order valence-electron chi connectivity index (χ2n) is 25.6. The van der Waals surface area contributed by atoms with Gasteiger partial charge in [0, 0.05) is 93.3 Å². The van der Waals surface area contributed by atoms with E-state index < -0.39 is 59.8 Å². The lowest BCUT2D eigenvalue weighted by Gasteiger charge is -2.55. The van der Waals surface area contributed by atoms with Crippen molar-refractivity contribution in [1.82, 2.24) is 45.3 Å². The number of carbonyl (C=O) groups excluding carboxylic acids is 4. The lowest BCUT2D eigenvalue weighted by atomic mass is 9.84. The normalized spacial score (nSPS) is 26.3. The van der Waals surface area contributed by atoms with Crippen molar-refractivity contribution in [2.75, 3.05) is 84.1 Å². The van der Waals surface area contributed by atoms with Crippen LogP contribution in [0.3, 0.4) is 0 Å². The molecule has 0 radical (unpaired) electrons. The number of anilines is 1. The van der Waals surface area contributed by atoms with Crippen LogP contribution in [0.4, 0.5) is 18.9 Å². The second kappa shape index (κ2) is 21.8. The lowest BCUT2D eigenvalue weighted by molar-refractivity contribution is -0.197. The van der Waals surface area contributed by atoms with Crippen molar-refractivity contribution in [3.8, 4) is 22.4 Å². The van der Waals surface area contributed by atoms with E-state index in [4.69, 9.17) is 19.2 Å². The summed E-state index contributed by atoms with van der Waals surface area (Å²) in [6.45, 7) is 14.3. The zero-order valence-electron chi connectivity index (χ0n) is 47.7. The van der Waals surface area contributed by atoms with Crippen molar-refractivity contribution in [2.24, 2.45) is 17.3 Å². The number of halogens is 3. The molecular formula is C61H79F3N10O7. The number of hydrogen-bond donors (Lipinski definition) is 3. The number of nitrogens with zero attached hydrogens (tertiary/aromatic N) is 7. The number of hydrogen-bond acceptors (Lipinski definition) is 13. The molecule has 2 aliphatic carbocycles. The van der Waals surface area contributed by atoms with Gasteiger partial charge in [-0.3, -0.25) is 44.3 Å². The highest BCUT2D eigenvalue weighted by molar-refractivity contribution is 5.96. The third kappa shape index (κ3) is 11.7. The van der Waals surface area contributed by atoms with E-state index in [9.17, 15) is 19.2 Å². The van der Waals surface area contributed by atoms with Crippen molar-refractivity contribution in [3.05, 3.63) is 71.5 Å². The van der Waals surface area contributed by atoms with Crippen LogP contribution in [-0.2, 0) is 52.8 Å². The highest BCUT2D eigenvalue weighted by Gasteiger charge is 2.57. The Bertz CT molecular complexity index is 3050. The number of hydrazine groups is 1. The predicted octanol–water partition coefficient (Wildman–Crippen LogP) is 6.26. The van der Waals surface area contributed by atoms with E-state index in [1.807, 2.05) is 88.2 Å². The number of aromatic nitrogens is 2. The van der Waals surface area contributed by atoms with E-state index in [0.717, 1.165) is 48.6 Å². The maximum absolute atomic E-state index is 15.2. The van der Waals surface area contributed by atoms with Gasteiger partial charge in [0.2, 0.25) is 11.8 Å². The second-order valence-corrected chi connectivity index (χ2v) is 25.6. The molecule has 2 saturated carbocycles. The summed E-state index contributed by atoms with van der Waals surface area (Å²) in [5.41, 5.74) is 7.38. The molecule has 2 aromatic heterocycles. The number of fused-ring (bicyclic) bond motifs is 6. The first-order valence-corrected chi connectivity index (χ1v) is 29.5. The predicted molar refractivity (Wildman–Crippen MR) is 300 cm³/mol. The zero-order chi connectivity index (χ0) is 56.7. The molecule has 8 heterocycles. The number of pyridine rings is 1. The first kappa shape index (κ1) is 55.9. The minimum absolute atomic E-state index is 0.0684. The molecule has 81 heavy (non-hydrogen) atoms. The molecule has 2 unspecified atom stereocenters. The quantitative estimate of drug-likeness (QED) is 0.107. The molecule has 12 rings (SSSR count). The Kier molecular flexibility index (Phi) is 15.1. The number of morpholine rings is 1. The molecule has 3 amide bonds. The summed E-state index contributed by atoms with van der Waals surface area (Å²) in [5, 5.41) is 8.63. The minimum atomic E-state index is -4.60. The average Bonchev–Trinajstić information content (AvgIpc) is 3.28. The zero-order valence-corrected chi connectivity index (χ0v) is 47.7. The molecule has 5 saturated heterocycles. The third-order valence-corrected chi connectivity index (χ3v) is 18.3. The Hall–Kier alpha value is -5.64. The number of piperazine rings is 1. The molecule has 1 spiro atoms. The van der Waals surface area contributed by atoms with Crippen LogP contribution in [0.5, 0.6) is 0 Å². The summed E-state index contributed by atoms with van der Waals surface area (Å²) >= 11 is 0. The molecule has 7 fully saturated rings. The molecule has 3 N–H and O–H groups in total. The van der Waals surface area contributed by atoms with E-state index in [1.165, 1.54) is 35.3 Å². The summed E-state index contributed by atoms with van der Waals surface area (Å²) in [6.07, 6.45) is 2.63. The van der Waals surface area contributed by atoms with Gasteiger partial charge in [0.05, 0.1) is 61.7 Å². The van der Waals surface area contributed by atoms with Gasteiger partial charge in [-0.1, -0.05) is 58.0 Å². The van der Waals surface area contributed by atoms with E-state index in [-0.39, 0.29) is 49.3 Å². The standard InChI is InChI=1S/C61H79F3N10O7/c1-36(2)53(71-23-24-81-60(31-71)32-72(33-60)57(77)52-51(67-52)39-12-13-39)55(75)66-48-26-38-9-7-10-40(25-38)41-14-17-49-44(27-41)46(29-59(4,5)35-80-58(78)47-11-8-18-74(68-47)56(48)76)54(73(49)34-61(62,63)64)45-28-43(30-65-50(45)37(3)79-6)70-21-19-69(20-22-70)42-15-16-42/h7,9-10,14,17,25,27-28,30,36-37,39,42,47-48,51-53,67-68H,8,11-13,15-16,18-24,26,29,31-35H2,1-6H3,(H,66,75)/t37-,47-,48-,51?,52+,53?/m0/s1. The van der Waals surface area contributed by atoms with Gasteiger partial charge < -0.3 is 33.9 Å². The Balaban J connectivity index is 0.893. The number of esters is 1. The van der Waals surface area contributed by atoms with Crippen LogP contribution in [0, 0.1) is 17.3 Å². The van der Waals surface area contributed by atoms with Crippen molar-refractivity contribution in [1.29, 1.82) is 0 Å². The number of likely N-dealkylation sites (tertiary alicyclic amines) is 1. The number of rotatable bonds is 12. The number of cyclic esters (lactones) is 1. The van der Waals surface area contributed by atoms with Crippen LogP contribution in [-0.4, -0.2) is 180 Å². The van der Waals surface area contributed by atoms with Crippen molar-refractivity contribution in [3.63, 3.8) is 0 Å². The number of alkyl halides is 3. The molecule has 20 heteroatoms. The van der Waals surface area contributed by atoms with Gasteiger partial charge in [0.15, 0.2) is 0 Å². The van der Waals surface area contributed by atoms with Gasteiger partial charge in [0.25, 0.3) is 5.91 Å². The Morgan fingerprint density at radius 3 is 2.41 bits per heavy atom. The summed E-state index contributed by atoms with van der Waals surface area (Å²) in [5.74, 6) is -0.708. The van der Waals surface area contributed by atoms with Crippen molar-refractivity contribution in [2.45, 2.75) is 147 Å². The highest BCUT2D eigenvalue weighted by Crippen LogP contribution is 2.45. The fraction of sp³-hybridized carbons (Fsp3) is 0.623. The van der Waals surface area contributed by atoms with Gasteiger partial charge in [-0.2, -0.15) is 13.2 Å². The molecule has 6 bridgehead atoms. The smallest absolute Gasteiger partial charge is 0.406 e. The maximum Gasteiger partial charge on any atom is 0.406 e. The van der Waals surface area contributed by atoms with Gasteiger partial charge in [0.1, 0.15) is 30.3 Å². The minimum Gasteiger partial charge on any atom is -0.464 e. The highest BCUT2D eigenvalue weighted by atomic mass is 19.4. The molecule has 6 atom stereocenters. The Morgan fingerprint density at radius 1 is 0.926 bits per heavy atom. The number of nitrogens with one attached hydrogen (secondary N) is 3. The average molecular weight is 1120 g/mol. The van der Waals surface area contributed by atoms with Crippen LogP contribution >= 0.6 is 0 Å². The van der Waals surface area contributed by atoms with E-state index in [1.54, 1.807) is 13.2 Å². The summed E-state index contributed by atoms with van der Waals surface area (Å²) < 4.78 is 65.4. The molecular weight excluding hydrogens is 1040 g/mol. The van der Waals surface area contributed by atoms with Gasteiger partial charge in [-0.25, -0.2) is 5.43 Å². The largest absolute Gasteiger partial charge is 0.464 e. The van der Waals surface area contributed by atoms with Gasteiger partial charge in [-0.05, 0) is 104 Å². The van der Waals surface area contributed by atoms with Crippen LogP contribution < -0.4 is 21.0 Å². The fourth-order valence-electron chi connectivity index (χ4n) is 13.7. The molecule has 8 aliphatic rings. The van der Waals surface area contributed by atoms with Gasteiger partial charge in [-0.15, -0.1) is 0 Å². The van der Waals surface area contributed by atoms with E-state index in [0.29, 0.717) is 97.5 Å². The number of methoxy groups -OCH3 is 1.